The van der Waals surface area contributed by atoms with E-state index < -0.39 is 0 Å². The zero-order valence-electron chi connectivity index (χ0n) is 10.3. The lowest BCUT2D eigenvalue weighted by atomic mass is 9.89. The van der Waals surface area contributed by atoms with E-state index in [0.29, 0.717) is 6.04 Å². The van der Waals surface area contributed by atoms with Crippen LogP contribution < -0.4 is 5.32 Å². The molecular formula is C13H22N2S. The first-order valence-corrected chi connectivity index (χ1v) is 7.29. The van der Waals surface area contributed by atoms with Crippen LogP contribution in [0, 0.1) is 12.8 Å². The summed E-state index contributed by atoms with van der Waals surface area (Å²) in [5.41, 5.74) is 1.21. The Kier molecular flexibility index (Phi) is 4.36. The average molecular weight is 238 g/mol. The highest BCUT2D eigenvalue weighted by atomic mass is 32.1. The minimum atomic E-state index is 0.409. The summed E-state index contributed by atoms with van der Waals surface area (Å²) in [6.45, 7) is 5.46. The number of aromatic nitrogens is 1. The van der Waals surface area contributed by atoms with Gasteiger partial charge in [0.25, 0.3) is 0 Å². The number of aryl methyl sites for hydroxylation is 1. The molecule has 1 aliphatic carbocycles. The molecule has 1 atom stereocenters. The summed E-state index contributed by atoms with van der Waals surface area (Å²) in [6, 6.07) is 0.409. The van der Waals surface area contributed by atoms with Crippen LogP contribution in [0.1, 0.15) is 55.8 Å². The van der Waals surface area contributed by atoms with Gasteiger partial charge in [-0.3, -0.25) is 0 Å². The Morgan fingerprint density at radius 1 is 1.44 bits per heavy atom. The molecular weight excluding hydrogens is 216 g/mol. The first-order chi connectivity index (χ1) is 7.75. The molecule has 2 rings (SSSR count). The second kappa shape index (κ2) is 5.78. The summed E-state index contributed by atoms with van der Waals surface area (Å²) in [4.78, 5) is 4.53. The molecule has 0 aliphatic heterocycles. The summed E-state index contributed by atoms with van der Waals surface area (Å²) >= 11 is 1.74. The highest BCUT2D eigenvalue weighted by Gasteiger charge is 2.15. The fraction of sp³-hybridized carbons (Fsp3) is 0.769. The Bertz CT molecular complexity index is 315. The monoisotopic (exact) mass is 238 g/mol. The number of nitrogens with one attached hydrogen (secondary N) is 1. The second-order valence-corrected chi connectivity index (χ2v) is 5.99. The fourth-order valence-electron chi connectivity index (χ4n) is 2.42. The third kappa shape index (κ3) is 3.29. The van der Waals surface area contributed by atoms with E-state index in [0.717, 1.165) is 12.5 Å². The Hall–Kier alpha value is -0.410. The first kappa shape index (κ1) is 12.1. The van der Waals surface area contributed by atoms with E-state index in [4.69, 9.17) is 0 Å². The SMILES string of the molecule is Cc1nc(C(C)NCC2CCCCC2)cs1. The van der Waals surface area contributed by atoms with Gasteiger partial charge >= 0.3 is 0 Å². The van der Waals surface area contributed by atoms with E-state index in [1.807, 2.05) is 0 Å². The van der Waals surface area contributed by atoms with Crippen molar-refractivity contribution < 1.29 is 0 Å². The van der Waals surface area contributed by atoms with E-state index in [-0.39, 0.29) is 0 Å². The van der Waals surface area contributed by atoms with Crippen LogP contribution in [0.5, 0.6) is 0 Å². The Morgan fingerprint density at radius 3 is 2.81 bits per heavy atom. The van der Waals surface area contributed by atoms with Crippen LogP contribution in [-0.4, -0.2) is 11.5 Å². The fourth-order valence-corrected chi connectivity index (χ4v) is 3.12. The van der Waals surface area contributed by atoms with E-state index in [1.54, 1.807) is 11.3 Å². The van der Waals surface area contributed by atoms with E-state index in [9.17, 15) is 0 Å². The quantitative estimate of drug-likeness (QED) is 0.865. The molecule has 1 aliphatic rings. The minimum Gasteiger partial charge on any atom is -0.309 e. The maximum absolute atomic E-state index is 4.53. The molecule has 0 radical (unpaired) electrons. The van der Waals surface area contributed by atoms with Crippen LogP contribution in [0.25, 0.3) is 0 Å². The molecule has 1 unspecified atom stereocenters. The van der Waals surface area contributed by atoms with Gasteiger partial charge in [0.2, 0.25) is 0 Å². The number of nitrogens with zero attached hydrogens (tertiary/aromatic N) is 1. The smallest absolute Gasteiger partial charge is 0.0898 e. The third-order valence-electron chi connectivity index (χ3n) is 3.52. The Balaban J connectivity index is 1.76. The molecule has 1 fully saturated rings. The summed E-state index contributed by atoms with van der Waals surface area (Å²) < 4.78 is 0. The molecule has 1 aromatic rings. The molecule has 90 valence electrons. The second-order valence-electron chi connectivity index (χ2n) is 4.93. The van der Waals surface area contributed by atoms with Crippen molar-refractivity contribution in [3.8, 4) is 0 Å². The Labute approximate surface area is 102 Å². The zero-order valence-corrected chi connectivity index (χ0v) is 11.1. The van der Waals surface area contributed by atoms with Crippen molar-refractivity contribution in [3.05, 3.63) is 16.1 Å². The van der Waals surface area contributed by atoms with Gasteiger partial charge in [-0.1, -0.05) is 19.3 Å². The molecule has 3 heteroatoms. The largest absolute Gasteiger partial charge is 0.309 e. The van der Waals surface area contributed by atoms with Crippen LogP contribution in [0.15, 0.2) is 5.38 Å². The van der Waals surface area contributed by atoms with Gasteiger partial charge in [-0.25, -0.2) is 4.98 Å². The summed E-state index contributed by atoms with van der Waals surface area (Å²) in [5, 5.41) is 6.97. The molecule has 0 spiro atoms. The molecule has 1 saturated carbocycles. The third-order valence-corrected chi connectivity index (χ3v) is 4.31. The lowest BCUT2D eigenvalue weighted by Crippen LogP contribution is -2.27. The lowest BCUT2D eigenvalue weighted by Gasteiger charge is -2.23. The highest BCUT2D eigenvalue weighted by molar-refractivity contribution is 7.09. The zero-order chi connectivity index (χ0) is 11.4. The molecule has 0 bridgehead atoms. The molecule has 0 aromatic carbocycles. The Morgan fingerprint density at radius 2 is 2.19 bits per heavy atom. The van der Waals surface area contributed by atoms with Crippen molar-refractivity contribution in [2.45, 2.75) is 52.0 Å². The summed E-state index contributed by atoms with van der Waals surface area (Å²) in [6.07, 6.45) is 7.12. The van der Waals surface area contributed by atoms with Gasteiger partial charge in [-0.2, -0.15) is 0 Å². The van der Waals surface area contributed by atoms with Crippen molar-refractivity contribution >= 4 is 11.3 Å². The van der Waals surface area contributed by atoms with Crippen molar-refractivity contribution in [2.75, 3.05) is 6.54 Å². The van der Waals surface area contributed by atoms with E-state index in [2.05, 4.69) is 29.5 Å². The summed E-state index contributed by atoms with van der Waals surface area (Å²) in [7, 11) is 0. The van der Waals surface area contributed by atoms with Crippen LogP contribution in [0.3, 0.4) is 0 Å². The van der Waals surface area contributed by atoms with Gasteiger partial charge in [-0.05, 0) is 39.2 Å². The highest BCUT2D eigenvalue weighted by Crippen LogP contribution is 2.24. The topological polar surface area (TPSA) is 24.9 Å². The lowest BCUT2D eigenvalue weighted by molar-refractivity contribution is 0.331. The van der Waals surface area contributed by atoms with E-state index in [1.165, 1.54) is 42.8 Å². The standard InChI is InChI=1S/C13H22N2S/c1-10(13-9-16-11(2)15-13)14-8-12-6-4-3-5-7-12/h9-10,12,14H,3-8H2,1-2H3. The van der Waals surface area contributed by atoms with Gasteiger partial charge in [0, 0.05) is 11.4 Å². The molecule has 16 heavy (non-hydrogen) atoms. The maximum Gasteiger partial charge on any atom is 0.0898 e. The van der Waals surface area contributed by atoms with Crippen molar-refractivity contribution in [2.24, 2.45) is 5.92 Å². The van der Waals surface area contributed by atoms with Gasteiger partial charge in [0.15, 0.2) is 0 Å². The number of rotatable bonds is 4. The van der Waals surface area contributed by atoms with Gasteiger partial charge in [0.05, 0.1) is 10.7 Å². The molecule has 0 saturated heterocycles. The number of thiazole rings is 1. The van der Waals surface area contributed by atoms with Crippen LogP contribution in [-0.2, 0) is 0 Å². The molecule has 1 N–H and O–H groups in total. The summed E-state index contributed by atoms with van der Waals surface area (Å²) in [5.74, 6) is 0.899. The first-order valence-electron chi connectivity index (χ1n) is 6.41. The maximum atomic E-state index is 4.53. The molecule has 2 nitrogen and oxygen atoms in total. The number of hydrogen-bond acceptors (Lipinski definition) is 3. The predicted octanol–water partition coefficient (Wildman–Crippen LogP) is 3.68. The predicted molar refractivity (Wildman–Crippen MR) is 69.8 cm³/mol. The average Bonchev–Trinajstić information content (AvgIpc) is 2.74. The number of hydrogen-bond donors (Lipinski definition) is 1. The van der Waals surface area contributed by atoms with Gasteiger partial charge < -0.3 is 5.32 Å². The van der Waals surface area contributed by atoms with Gasteiger partial charge in [-0.15, -0.1) is 11.3 Å². The van der Waals surface area contributed by atoms with Crippen molar-refractivity contribution in [3.63, 3.8) is 0 Å². The van der Waals surface area contributed by atoms with Crippen LogP contribution in [0.4, 0.5) is 0 Å². The molecule has 1 heterocycles. The minimum absolute atomic E-state index is 0.409. The molecule has 0 amide bonds. The van der Waals surface area contributed by atoms with E-state index >= 15 is 0 Å². The van der Waals surface area contributed by atoms with Gasteiger partial charge in [0.1, 0.15) is 0 Å². The normalized spacial score (nSPS) is 19.9. The van der Waals surface area contributed by atoms with Crippen LogP contribution >= 0.6 is 11.3 Å². The van der Waals surface area contributed by atoms with Crippen molar-refractivity contribution in [1.82, 2.24) is 10.3 Å². The molecule has 1 aromatic heterocycles. The van der Waals surface area contributed by atoms with Crippen LogP contribution in [0.2, 0.25) is 0 Å². The van der Waals surface area contributed by atoms with Crippen molar-refractivity contribution in [1.29, 1.82) is 0 Å².